The molecule has 1 heterocycles. The minimum absolute atomic E-state index is 0.0574. The van der Waals surface area contributed by atoms with Crippen molar-refractivity contribution in [3.63, 3.8) is 0 Å². The fourth-order valence-electron chi connectivity index (χ4n) is 3.30. The number of nitriles is 1. The summed E-state index contributed by atoms with van der Waals surface area (Å²) in [6, 6.07) is 14.5. The van der Waals surface area contributed by atoms with E-state index in [1.165, 1.54) is 24.3 Å². The van der Waals surface area contributed by atoms with Crippen LogP contribution in [0.3, 0.4) is 0 Å². The van der Waals surface area contributed by atoms with Gasteiger partial charge in [0.1, 0.15) is 11.6 Å². The lowest BCUT2D eigenvalue weighted by Gasteiger charge is -2.19. The highest BCUT2D eigenvalue weighted by atomic mass is 19.4. The van der Waals surface area contributed by atoms with Gasteiger partial charge in [-0.2, -0.15) is 18.4 Å². The Balaban J connectivity index is 1.80. The van der Waals surface area contributed by atoms with E-state index in [0.29, 0.717) is 11.5 Å². The molecule has 1 atom stereocenters. The fourth-order valence-corrected chi connectivity index (χ4v) is 3.30. The summed E-state index contributed by atoms with van der Waals surface area (Å²) in [5.74, 6) is -1.23. The van der Waals surface area contributed by atoms with Crippen molar-refractivity contribution in [2.24, 2.45) is 0 Å². The molecule has 0 aliphatic rings. The molecular weight excluding hydrogens is 436 g/mol. The van der Waals surface area contributed by atoms with Crippen LogP contribution in [0.5, 0.6) is 0 Å². The largest absolute Gasteiger partial charge is 0.419 e. The van der Waals surface area contributed by atoms with Crippen LogP contribution in [0.1, 0.15) is 36.9 Å². The lowest BCUT2D eigenvalue weighted by atomic mass is 9.96. The summed E-state index contributed by atoms with van der Waals surface area (Å²) in [5.41, 5.74) is -0.105. The van der Waals surface area contributed by atoms with Gasteiger partial charge in [-0.3, -0.25) is 4.79 Å². The first kappa shape index (κ1) is 23.7. The predicted octanol–water partition coefficient (Wildman–Crippen LogP) is 6.32. The summed E-state index contributed by atoms with van der Waals surface area (Å²) in [6.45, 7) is 1.83. The number of benzene rings is 2. The summed E-state index contributed by atoms with van der Waals surface area (Å²) in [7, 11) is 0. The van der Waals surface area contributed by atoms with Gasteiger partial charge in [-0.25, -0.2) is 9.37 Å². The lowest BCUT2D eigenvalue weighted by molar-refractivity contribution is -0.139. The number of rotatable bonds is 7. The topological polar surface area (TPSA) is 77.8 Å². The molecule has 0 radical (unpaired) electrons. The van der Waals surface area contributed by atoms with Crippen LogP contribution in [0.2, 0.25) is 0 Å². The van der Waals surface area contributed by atoms with Gasteiger partial charge >= 0.3 is 6.18 Å². The van der Waals surface area contributed by atoms with Gasteiger partial charge < -0.3 is 10.6 Å². The van der Waals surface area contributed by atoms with Gasteiger partial charge in [0.25, 0.3) is 0 Å². The highest BCUT2D eigenvalue weighted by molar-refractivity contribution is 5.93. The number of hydrogen-bond donors (Lipinski definition) is 2. The van der Waals surface area contributed by atoms with Crippen molar-refractivity contribution in [1.29, 1.82) is 5.26 Å². The highest BCUT2D eigenvalue weighted by Crippen LogP contribution is 2.39. The van der Waals surface area contributed by atoms with Crippen LogP contribution in [0.4, 0.5) is 29.1 Å². The van der Waals surface area contributed by atoms with Crippen LogP contribution in [0, 0.1) is 17.1 Å². The molecule has 5 nitrogen and oxygen atoms in total. The van der Waals surface area contributed by atoms with Gasteiger partial charge in [0.05, 0.1) is 23.4 Å². The SMILES string of the molecule is CC(Nc1ncccc1NC(=O)CCC#N)c1ccc(-c2cccc(F)c2C(F)(F)F)cc1. The van der Waals surface area contributed by atoms with Gasteiger partial charge in [0.2, 0.25) is 5.91 Å². The maximum absolute atomic E-state index is 13.9. The minimum Gasteiger partial charge on any atom is -0.362 e. The third-order valence-corrected chi connectivity index (χ3v) is 4.92. The Hall–Kier alpha value is -3.93. The molecule has 0 aliphatic heterocycles. The van der Waals surface area contributed by atoms with Gasteiger partial charge in [-0.1, -0.05) is 36.4 Å². The van der Waals surface area contributed by atoms with E-state index in [1.54, 1.807) is 30.5 Å². The van der Waals surface area contributed by atoms with Crippen LogP contribution in [0.15, 0.2) is 60.8 Å². The zero-order valence-electron chi connectivity index (χ0n) is 17.6. The number of hydrogen-bond acceptors (Lipinski definition) is 4. The molecule has 2 N–H and O–H groups in total. The molecule has 2 aromatic carbocycles. The summed E-state index contributed by atoms with van der Waals surface area (Å²) in [5, 5.41) is 14.5. The molecule has 3 rings (SSSR count). The number of carbonyl (C=O) groups is 1. The number of alkyl halides is 3. The molecule has 1 amide bonds. The Kier molecular flexibility index (Phi) is 7.28. The summed E-state index contributed by atoms with van der Waals surface area (Å²) >= 11 is 0. The van der Waals surface area contributed by atoms with Gasteiger partial charge in [-0.15, -0.1) is 0 Å². The molecule has 1 aromatic heterocycles. The first-order valence-electron chi connectivity index (χ1n) is 10.0. The van der Waals surface area contributed by atoms with Crippen LogP contribution in [0.25, 0.3) is 11.1 Å². The summed E-state index contributed by atoms with van der Waals surface area (Å²) < 4.78 is 53.9. The average Bonchev–Trinajstić information content (AvgIpc) is 2.78. The Labute approximate surface area is 188 Å². The molecular formula is C24H20F4N4O. The molecule has 0 fully saturated rings. The Morgan fingerprint density at radius 2 is 1.85 bits per heavy atom. The van der Waals surface area contributed by atoms with E-state index in [4.69, 9.17) is 5.26 Å². The Morgan fingerprint density at radius 1 is 1.12 bits per heavy atom. The van der Waals surface area contributed by atoms with E-state index >= 15 is 0 Å². The van der Waals surface area contributed by atoms with Crippen LogP contribution >= 0.6 is 0 Å². The van der Waals surface area contributed by atoms with E-state index in [2.05, 4.69) is 15.6 Å². The molecule has 0 bridgehead atoms. The van der Waals surface area contributed by atoms with Gasteiger partial charge in [0, 0.05) is 19.0 Å². The van der Waals surface area contributed by atoms with Crippen molar-refractivity contribution < 1.29 is 22.4 Å². The number of aromatic nitrogens is 1. The smallest absolute Gasteiger partial charge is 0.362 e. The van der Waals surface area contributed by atoms with Crippen molar-refractivity contribution in [3.8, 4) is 17.2 Å². The van der Waals surface area contributed by atoms with Crippen molar-refractivity contribution in [2.75, 3.05) is 10.6 Å². The first-order valence-corrected chi connectivity index (χ1v) is 10.0. The van der Waals surface area contributed by atoms with Gasteiger partial charge in [0.15, 0.2) is 0 Å². The number of halogens is 4. The fraction of sp³-hybridized carbons (Fsp3) is 0.208. The average molecular weight is 456 g/mol. The number of nitrogens with one attached hydrogen (secondary N) is 2. The number of carbonyl (C=O) groups excluding carboxylic acids is 1. The molecule has 170 valence electrons. The third kappa shape index (κ3) is 5.86. The molecule has 0 aliphatic carbocycles. The van der Waals surface area contributed by atoms with Crippen LogP contribution in [-0.2, 0) is 11.0 Å². The van der Waals surface area contributed by atoms with Crippen molar-refractivity contribution in [2.45, 2.75) is 32.0 Å². The second-order valence-electron chi connectivity index (χ2n) is 7.25. The van der Waals surface area contributed by atoms with E-state index < -0.39 is 17.6 Å². The molecule has 1 unspecified atom stereocenters. The van der Waals surface area contributed by atoms with E-state index in [1.807, 2.05) is 13.0 Å². The highest BCUT2D eigenvalue weighted by Gasteiger charge is 2.37. The number of pyridine rings is 1. The quantitative estimate of drug-likeness (QED) is 0.408. The second kappa shape index (κ2) is 10.1. The maximum atomic E-state index is 13.9. The van der Waals surface area contributed by atoms with Crippen LogP contribution < -0.4 is 10.6 Å². The molecule has 33 heavy (non-hydrogen) atoms. The minimum atomic E-state index is -4.82. The van der Waals surface area contributed by atoms with Crippen molar-refractivity contribution in [1.82, 2.24) is 4.98 Å². The molecule has 0 saturated carbocycles. The zero-order valence-corrected chi connectivity index (χ0v) is 17.6. The van der Waals surface area contributed by atoms with Crippen molar-refractivity contribution >= 4 is 17.4 Å². The number of amides is 1. The number of nitrogens with zero attached hydrogens (tertiary/aromatic N) is 2. The molecule has 3 aromatic rings. The zero-order chi connectivity index (χ0) is 24.0. The Morgan fingerprint density at radius 3 is 2.52 bits per heavy atom. The van der Waals surface area contributed by atoms with Crippen molar-refractivity contribution in [3.05, 3.63) is 77.7 Å². The first-order chi connectivity index (χ1) is 15.7. The normalized spacial score (nSPS) is 12.0. The summed E-state index contributed by atoms with van der Waals surface area (Å²) in [6.07, 6.45) is -3.12. The third-order valence-electron chi connectivity index (χ3n) is 4.92. The van der Waals surface area contributed by atoms with Gasteiger partial charge in [-0.05, 0) is 41.8 Å². The second-order valence-corrected chi connectivity index (χ2v) is 7.25. The maximum Gasteiger partial charge on any atom is 0.419 e. The lowest BCUT2D eigenvalue weighted by Crippen LogP contribution is -2.15. The molecule has 9 heteroatoms. The standard InChI is InChI=1S/C24H20F4N4O/c1-15(31-23-20(7-4-14-30-23)32-21(33)8-3-13-29)16-9-11-17(12-10-16)18-5-2-6-19(25)22(18)24(26,27)28/h2,4-7,9-12,14-15H,3,8H2,1H3,(H,30,31)(H,32,33). The predicted molar refractivity (Wildman–Crippen MR) is 117 cm³/mol. The van der Waals surface area contributed by atoms with E-state index in [-0.39, 0.29) is 35.9 Å². The van der Waals surface area contributed by atoms with E-state index in [0.717, 1.165) is 11.6 Å². The van der Waals surface area contributed by atoms with Crippen LogP contribution in [-0.4, -0.2) is 10.9 Å². The summed E-state index contributed by atoms with van der Waals surface area (Å²) in [4.78, 5) is 16.2. The Bertz CT molecular complexity index is 1170. The molecule has 0 saturated heterocycles. The van der Waals surface area contributed by atoms with E-state index in [9.17, 15) is 22.4 Å². The molecule has 0 spiro atoms. The number of anilines is 2. The monoisotopic (exact) mass is 456 g/mol.